The number of aliphatic hydroxyl groups is 3. The lowest BCUT2D eigenvalue weighted by Crippen LogP contribution is -2.59. The Bertz CT molecular complexity index is 1560. The van der Waals surface area contributed by atoms with Crippen molar-refractivity contribution in [3.63, 3.8) is 0 Å². The van der Waals surface area contributed by atoms with Crippen molar-refractivity contribution in [1.82, 2.24) is 0 Å². The number of hydrogen-bond donors (Lipinski definition) is 3. The van der Waals surface area contributed by atoms with E-state index in [0.717, 1.165) is 0 Å². The molecule has 5 unspecified atom stereocenters. The molecule has 12 nitrogen and oxygen atoms in total. The quantitative estimate of drug-likeness (QED) is 0.318. The van der Waals surface area contributed by atoms with Gasteiger partial charge in [-0.15, -0.1) is 0 Å². The van der Waals surface area contributed by atoms with Crippen LogP contribution in [0, 0.1) is 0 Å². The van der Waals surface area contributed by atoms with Crippen molar-refractivity contribution >= 4 is 21.9 Å². The van der Waals surface area contributed by atoms with Crippen LogP contribution in [-0.4, -0.2) is 60.4 Å². The first kappa shape index (κ1) is 24.7. The molecule has 1 fully saturated rings. The summed E-state index contributed by atoms with van der Waals surface area (Å²) in [4.78, 5) is 24.1. The Kier molecular flexibility index (Phi) is 6.58. The Morgan fingerprint density at radius 1 is 0.730 bits per heavy atom. The molecule has 2 aromatic carbocycles. The average molecular weight is 514 g/mol. The molecule has 3 heterocycles. The predicted octanol–water partition coefficient (Wildman–Crippen LogP) is 1.49. The van der Waals surface area contributed by atoms with Crippen LogP contribution in [0.4, 0.5) is 0 Å². The maximum atomic E-state index is 12.6. The van der Waals surface area contributed by atoms with E-state index in [4.69, 9.17) is 32.5 Å². The summed E-state index contributed by atoms with van der Waals surface area (Å²) in [5.74, 6) is 0.327. The van der Waals surface area contributed by atoms with Gasteiger partial charge in [0.05, 0.1) is 7.11 Å². The monoisotopic (exact) mass is 514 g/mol. The fraction of sp³-hybridized carbons (Fsp3) is 0.280. The third-order valence-corrected chi connectivity index (χ3v) is 5.81. The smallest absolute Gasteiger partial charge is 0.379 e. The summed E-state index contributed by atoms with van der Waals surface area (Å²) in [5.41, 5.74) is -0.925. The highest BCUT2D eigenvalue weighted by Gasteiger charge is 2.45. The van der Waals surface area contributed by atoms with Gasteiger partial charge >= 0.3 is 11.3 Å². The van der Waals surface area contributed by atoms with E-state index >= 15 is 0 Å². The molecule has 37 heavy (non-hydrogen) atoms. The number of hydrogen-bond acceptors (Lipinski definition) is 12. The summed E-state index contributed by atoms with van der Waals surface area (Å²) in [6.45, 7) is 0. The minimum atomic E-state index is -1.61. The van der Waals surface area contributed by atoms with Gasteiger partial charge in [0.2, 0.25) is 12.0 Å². The Morgan fingerprint density at radius 2 is 1.43 bits per heavy atom. The third kappa shape index (κ3) is 4.75. The standard InChI is InChI=1S/C25H22O12/c1-31-16-7-12-8-18(33-13-5-3-11-4-6-19(26)34-14(11)9-13)23(30)35-15(12)10-17(16)36-25-22(29)20(27)21(28)24(32-2)37-25/h3-10,20-22,24-25,27-29H,1-2H3. The van der Waals surface area contributed by atoms with Crippen molar-refractivity contribution in [1.29, 1.82) is 0 Å². The fourth-order valence-corrected chi connectivity index (χ4v) is 3.90. The SMILES string of the molecule is COc1cc2cc(Oc3ccc4ccc(=O)oc4c3)c(=O)oc2cc1OC1OC(OC)C(O)C(O)C1O. The molecule has 12 heteroatoms. The molecule has 2 aromatic heterocycles. The van der Waals surface area contributed by atoms with Crippen LogP contribution < -0.4 is 25.5 Å². The number of ether oxygens (including phenoxy) is 5. The van der Waals surface area contributed by atoms with Gasteiger partial charge in [-0.2, -0.15) is 0 Å². The third-order valence-electron chi connectivity index (χ3n) is 5.81. The van der Waals surface area contributed by atoms with Crippen molar-refractivity contribution in [3.05, 3.63) is 69.4 Å². The van der Waals surface area contributed by atoms with Gasteiger partial charge in [0.25, 0.3) is 0 Å². The molecule has 194 valence electrons. The van der Waals surface area contributed by atoms with Crippen LogP contribution in [0.1, 0.15) is 0 Å². The maximum absolute atomic E-state index is 12.6. The van der Waals surface area contributed by atoms with Crippen LogP contribution in [0.5, 0.6) is 23.0 Å². The van der Waals surface area contributed by atoms with Gasteiger partial charge in [0, 0.05) is 36.1 Å². The highest BCUT2D eigenvalue weighted by Crippen LogP contribution is 2.36. The van der Waals surface area contributed by atoms with E-state index in [9.17, 15) is 24.9 Å². The molecule has 0 aliphatic carbocycles. The van der Waals surface area contributed by atoms with Crippen LogP contribution in [0.2, 0.25) is 0 Å². The Labute approximate surface area is 207 Å². The fourth-order valence-electron chi connectivity index (χ4n) is 3.90. The van der Waals surface area contributed by atoms with Gasteiger partial charge in [0.15, 0.2) is 17.8 Å². The lowest BCUT2D eigenvalue weighted by molar-refractivity contribution is -0.327. The van der Waals surface area contributed by atoms with Crippen molar-refractivity contribution in [2.24, 2.45) is 0 Å². The molecule has 5 rings (SSSR count). The largest absolute Gasteiger partial charge is 0.493 e. The second kappa shape index (κ2) is 9.84. The first-order valence-electron chi connectivity index (χ1n) is 11.0. The lowest BCUT2D eigenvalue weighted by atomic mass is 10.0. The molecule has 0 spiro atoms. The van der Waals surface area contributed by atoms with E-state index in [2.05, 4.69) is 0 Å². The summed E-state index contributed by atoms with van der Waals surface area (Å²) in [5, 5.41) is 31.4. The van der Waals surface area contributed by atoms with Crippen molar-refractivity contribution in [2.45, 2.75) is 30.9 Å². The van der Waals surface area contributed by atoms with E-state index in [1.165, 1.54) is 44.6 Å². The van der Waals surface area contributed by atoms with Gasteiger partial charge < -0.3 is 47.8 Å². The number of benzene rings is 2. The van der Waals surface area contributed by atoms with Gasteiger partial charge in [-0.3, -0.25) is 0 Å². The summed E-state index contributed by atoms with van der Waals surface area (Å²) in [6.07, 6.45) is -7.40. The van der Waals surface area contributed by atoms with Crippen LogP contribution in [0.25, 0.3) is 21.9 Å². The van der Waals surface area contributed by atoms with E-state index < -0.39 is 42.1 Å². The van der Waals surface area contributed by atoms with E-state index in [-0.39, 0.29) is 28.6 Å². The van der Waals surface area contributed by atoms with Crippen molar-refractivity contribution in [2.75, 3.05) is 14.2 Å². The number of fused-ring (bicyclic) bond motifs is 2. The lowest BCUT2D eigenvalue weighted by Gasteiger charge is -2.39. The zero-order valence-corrected chi connectivity index (χ0v) is 19.5. The second-order valence-electron chi connectivity index (χ2n) is 8.19. The second-order valence-corrected chi connectivity index (χ2v) is 8.19. The van der Waals surface area contributed by atoms with Gasteiger partial charge in [0.1, 0.15) is 35.2 Å². The normalized spacial score (nSPS) is 23.8. The number of rotatable bonds is 6. The van der Waals surface area contributed by atoms with Gasteiger partial charge in [-0.25, -0.2) is 9.59 Å². The highest BCUT2D eigenvalue weighted by molar-refractivity contribution is 5.82. The molecule has 1 aliphatic rings. The minimum Gasteiger partial charge on any atom is -0.493 e. The summed E-state index contributed by atoms with van der Waals surface area (Å²) in [6, 6.07) is 12.0. The van der Waals surface area contributed by atoms with E-state index in [0.29, 0.717) is 16.4 Å². The van der Waals surface area contributed by atoms with Crippen LogP contribution in [0.3, 0.4) is 0 Å². The summed E-state index contributed by atoms with van der Waals surface area (Å²) in [7, 11) is 2.64. The predicted molar refractivity (Wildman–Crippen MR) is 126 cm³/mol. The topological polar surface area (TPSA) is 167 Å². The Morgan fingerprint density at radius 3 is 2.19 bits per heavy atom. The summed E-state index contributed by atoms with van der Waals surface area (Å²) >= 11 is 0. The molecule has 0 amide bonds. The molecule has 3 N–H and O–H groups in total. The van der Waals surface area contributed by atoms with E-state index in [1.807, 2.05) is 0 Å². The Balaban J connectivity index is 1.45. The maximum Gasteiger partial charge on any atom is 0.379 e. The van der Waals surface area contributed by atoms with Crippen LogP contribution in [0.15, 0.2) is 67.0 Å². The Hall–Kier alpha value is -3.94. The van der Waals surface area contributed by atoms with Crippen molar-refractivity contribution < 1.29 is 47.8 Å². The molecule has 1 saturated heterocycles. The van der Waals surface area contributed by atoms with Crippen LogP contribution >= 0.6 is 0 Å². The van der Waals surface area contributed by atoms with Gasteiger partial charge in [-0.05, 0) is 30.3 Å². The molecule has 0 saturated carbocycles. The van der Waals surface area contributed by atoms with Crippen LogP contribution in [-0.2, 0) is 9.47 Å². The molecule has 0 radical (unpaired) electrons. The molecular formula is C25H22O12. The highest BCUT2D eigenvalue weighted by atomic mass is 16.8. The minimum absolute atomic E-state index is 0.0267. The average Bonchev–Trinajstić information content (AvgIpc) is 2.89. The number of methoxy groups -OCH3 is 2. The molecule has 5 atom stereocenters. The first-order chi connectivity index (χ1) is 17.8. The summed E-state index contributed by atoms with van der Waals surface area (Å²) < 4.78 is 37.7. The molecule has 1 aliphatic heterocycles. The molecule has 0 bridgehead atoms. The first-order valence-corrected chi connectivity index (χ1v) is 11.0. The molecule has 4 aromatic rings. The molecular weight excluding hydrogens is 492 g/mol. The zero-order chi connectivity index (χ0) is 26.3. The van der Waals surface area contributed by atoms with Crippen molar-refractivity contribution in [3.8, 4) is 23.0 Å². The van der Waals surface area contributed by atoms with Gasteiger partial charge in [-0.1, -0.05) is 0 Å². The zero-order valence-electron chi connectivity index (χ0n) is 19.5. The number of aliphatic hydroxyl groups excluding tert-OH is 3. The van der Waals surface area contributed by atoms with E-state index in [1.54, 1.807) is 18.2 Å².